The fourth-order valence-electron chi connectivity index (χ4n) is 1.76. The molecule has 0 radical (unpaired) electrons. The summed E-state index contributed by atoms with van der Waals surface area (Å²) in [5.41, 5.74) is 2.27. The number of aromatic amines is 1. The summed E-state index contributed by atoms with van der Waals surface area (Å²) in [7, 11) is 0. The van der Waals surface area contributed by atoms with Gasteiger partial charge in [-0.15, -0.1) is 0 Å². The van der Waals surface area contributed by atoms with Crippen molar-refractivity contribution in [3.8, 4) is 5.75 Å². The van der Waals surface area contributed by atoms with Crippen LogP contribution in [0.1, 0.15) is 5.56 Å². The number of ether oxygens (including phenoxy) is 1. The zero-order valence-electron chi connectivity index (χ0n) is 9.55. The number of hydrogen-bond acceptors (Lipinski definition) is 3. The maximum Gasteiger partial charge on any atom is 0.417 e. The van der Waals surface area contributed by atoms with Crippen LogP contribution in [0.4, 0.5) is 0 Å². The molecule has 0 unspecified atom stereocenters. The molecule has 1 N–H and O–H groups in total. The van der Waals surface area contributed by atoms with Gasteiger partial charge in [0.25, 0.3) is 0 Å². The summed E-state index contributed by atoms with van der Waals surface area (Å²) < 4.78 is 10.6. The number of benzene rings is 2. The fourth-order valence-corrected chi connectivity index (χ4v) is 1.76. The zero-order chi connectivity index (χ0) is 12.4. The zero-order valence-corrected chi connectivity index (χ0v) is 9.55. The first-order chi connectivity index (χ1) is 8.81. The van der Waals surface area contributed by atoms with E-state index in [0.717, 1.165) is 5.56 Å². The van der Waals surface area contributed by atoms with Crippen molar-refractivity contribution >= 4 is 11.1 Å². The van der Waals surface area contributed by atoms with E-state index < -0.39 is 5.76 Å². The Morgan fingerprint density at radius 1 is 1.11 bits per heavy atom. The smallest absolute Gasteiger partial charge is 0.417 e. The molecule has 4 nitrogen and oxygen atoms in total. The third kappa shape index (κ3) is 2.13. The topological polar surface area (TPSA) is 55.2 Å². The predicted octanol–water partition coefficient (Wildman–Crippen LogP) is 2.70. The minimum Gasteiger partial charge on any atom is -0.489 e. The fraction of sp³-hybridized carbons (Fsp3) is 0.0714. The van der Waals surface area contributed by atoms with Crippen LogP contribution >= 0.6 is 0 Å². The molecule has 90 valence electrons. The van der Waals surface area contributed by atoms with Crippen LogP contribution in [0.15, 0.2) is 57.7 Å². The average molecular weight is 241 g/mol. The molecule has 18 heavy (non-hydrogen) atoms. The molecule has 0 atom stereocenters. The number of nitrogens with one attached hydrogen (secondary N) is 1. The average Bonchev–Trinajstić information content (AvgIpc) is 2.77. The second kappa shape index (κ2) is 4.41. The Hall–Kier alpha value is -2.49. The summed E-state index contributed by atoms with van der Waals surface area (Å²) in [6, 6.07) is 15.2. The second-order valence-electron chi connectivity index (χ2n) is 3.95. The summed E-state index contributed by atoms with van der Waals surface area (Å²) >= 11 is 0. The van der Waals surface area contributed by atoms with Crippen LogP contribution in [0.3, 0.4) is 0 Å². The summed E-state index contributed by atoms with van der Waals surface area (Å²) in [5, 5.41) is 0. The lowest BCUT2D eigenvalue weighted by molar-refractivity contribution is 0.306. The molecule has 0 aliphatic heterocycles. The van der Waals surface area contributed by atoms with Crippen molar-refractivity contribution in [2.75, 3.05) is 0 Å². The second-order valence-corrected chi connectivity index (χ2v) is 3.95. The van der Waals surface area contributed by atoms with Gasteiger partial charge in [-0.25, -0.2) is 4.79 Å². The summed E-state index contributed by atoms with van der Waals surface area (Å²) in [5.74, 6) is 0.222. The molecule has 3 rings (SSSR count). The number of hydrogen-bond donors (Lipinski definition) is 1. The third-order valence-corrected chi connectivity index (χ3v) is 2.64. The maximum absolute atomic E-state index is 11.0. The summed E-state index contributed by atoms with van der Waals surface area (Å²) in [4.78, 5) is 13.6. The Bertz CT molecular complexity index is 712. The molecule has 1 aromatic heterocycles. The molecule has 4 heteroatoms. The van der Waals surface area contributed by atoms with Gasteiger partial charge in [0, 0.05) is 6.07 Å². The molecule has 2 aromatic carbocycles. The van der Waals surface area contributed by atoms with E-state index in [9.17, 15) is 4.79 Å². The van der Waals surface area contributed by atoms with E-state index in [1.165, 1.54) is 0 Å². The summed E-state index contributed by atoms with van der Waals surface area (Å²) in [6.45, 7) is 0.487. The standard InChI is InChI=1S/C14H11NO3/c16-14-15-12-7-6-11(8-13(12)18-14)17-9-10-4-2-1-3-5-10/h1-8H,9H2,(H,15,16). The lowest BCUT2D eigenvalue weighted by Crippen LogP contribution is -1.94. The first-order valence-corrected chi connectivity index (χ1v) is 5.61. The molecule has 0 aliphatic carbocycles. The largest absolute Gasteiger partial charge is 0.489 e. The van der Waals surface area contributed by atoms with E-state index in [2.05, 4.69) is 4.98 Å². The van der Waals surface area contributed by atoms with Gasteiger partial charge in [0.2, 0.25) is 0 Å². The molecule has 0 amide bonds. The van der Waals surface area contributed by atoms with Crippen molar-refractivity contribution in [3.63, 3.8) is 0 Å². The van der Waals surface area contributed by atoms with Crippen LogP contribution in [0, 0.1) is 0 Å². The SMILES string of the molecule is O=c1[nH]c2ccc(OCc3ccccc3)cc2o1. The van der Waals surface area contributed by atoms with Gasteiger partial charge in [-0.05, 0) is 17.7 Å². The van der Waals surface area contributed by atoms with E-state index >= 15 is 0 Å². The Morgan fingerprint density at radius 2 is 1.94 bits per heavy atom. The quantitative estimate of drug-likeness (QED) is 0.767. The van der Waals surface area contributed by atoms with Crippen LogP contribution in [-0.4, -0.2) is 4.98 Å². The van der Waals surface area contributed by atoms with Crippen LogP contribution in [-0.2, 0) is 6.61 Å². The van der Waals surface area contributed by atoms with Gasteiger partial charge in [-0.1, -0.05) is 30.3 Å². The van der Waals surface area contributed by atoms with Crippen molar-refractivity contribution in [2.45, 2.75) is 6.61 Å². The van der Waals surface area contributed by atoms with Gasteiger partial charge in [-0.3, -0.25) is 4.98 Å². The number of fused-ring (bicyclic) bond motifs is 1. The Morgan fingerprint density at radius 3 is 2.78 bits per heavy atom. The Labute approximate surface area is 103 Å². The van der Waals surface area contributed by atoms with E-state index in [1.54, 1.807) is 18.2 Å². The highest BCUT2D eigenvalue weighted by atomic mass is 16.5. The van der Waals surface area contributed by atoms with E-state index in [0.29, 0.717) is 23.5 Å². The number of oxazole rings is 1. The normalized spacial score (nSPS) is 10.7. The predicted molar refractivity (Wildman–Crippen MR) is 67.6 cm³/mol. The van der Waals surface area contributed by atoms with Crippen molar-refractivity contribution < 1.29 is 9.15 Å². The Balaban J connectivity index is 1.80. The minimum absolute atomic E-state index is 0.454. The van der Waals surface area contributed by atoms with Crippen LogP contribution in [0.25, 0.3) is 11.1 Å². The molecule has 0 saturated heterocycles. The van der Waals surface area contributed by atoms with Gasteiger partial charge >= 0.3 is 5.76 Å². The molecule has 0 saturated carbocycles. The highest BCUT2D eigenvalue weighted by molar-refractivity contribution is 5.73. The number of H-pyrrole nitrogens is 1. The number of rotatable bonds is 3. The van der Waals surface area contributed by atoms with Crippen molar-refractivity contribution in [1.82, 2.24) is 4.98 Å². The third-order valence-electron chi connectivity index (χ3n) is 2.64. The van der Waals surface area contributed by atoms with E-state index in [4.69, 9.17) is 9.15 Å². The lowest BCUT2D eigenvalue weighted by Gasteiger charge is -2.05. The van der Waals surface area contributed by atoms with Crippen LogP contribution in [0.2, 0.25) is 0 Å². The molecular weight excluding hydrogens is 230 g/mol. The number of aromatic nitrogens is 1. The van der Waals surface area contributed by atoms with Crippen molar-refractivity contribution in [2.24, 2.45) is 0 Å². The molecule has 0 spiro atoms. The van der Waals surface area contributed by atoms with Gasteiger partial charge < -0.3 is 9.15 Å². The maximum atomic E-state index is 11.0. The van der Waals surface area contributed by atoms with Gasteiger partial charge in [0.1, 0.15) is 12.4 Å². The van der Waals surface area contributed by atoms with Crippen LogP contribution in [0.5, 0.6) is 5.75 Å². The van der Waals surface area contributed by atoms with Gasteiger partial charge in [-0.2, -0.15) is 0 Å². The first kappa shape index (κ1) is 10.7. The van der Waals surface area contributed by atoms with E-state index in [1.807, 2.05) is 30.3 Å². The lowest BCUT2D eigenvalue weighted by atomic mass is 10.2. The van der Waals surface area contributed by atoms with E-state index in [-0.39, 0.29) is 0 Å². The minimum atomic E-state index is -0.454. The molecule has 3 aromatic rings. The van der Waals surface area contributed by atoms with Crippen molar-refractivity contribution in [1.29, 1.82) is 0 Å². The van der Waals surface area contributed by atoms with Gasteiger partial charge in [0.05, 0.1) is 5.52 Å². The monoisotopic (exact) mass is 241 g/mol. The molecule has 0 bridgehead atoms. The highest BCUT2D eigenvalue weighted by Gasteiger charge is 2.02. The molecular formula is C14H11NO3. The summed E-state index contributed by atoms with van der Waals surface area (Å²) in [6.07, 6.45) is 0. The Kier molecular flexibility index (Phi) is 2.61. The highest BCUT2D eigenvalue weighted by Crippen LogP contribution is 2.19. The first-order valence-electron chi connectivity index (χ1n) is 5.61. The molecule has 0 fully saturated rings. The molecule has 1 heterocycles. The van der Waals surface area contributed by atoms with Crippen LogP contribution < -0.4 is 10.5 Å². The molecule has 0 aliphatic rings. The van der Waals surface area contributed by atoms with Crippen molar-refractivity contribution in [3.05, 3.63) is 64.6 Å². The van der Waals surface area contributed by atoms with Gasteiger partial charge in [0.15, 0.2) is 5.58 Å².